The Morgan fingerprint density at radius 3 is 2.73 bits per heavy atom. The van der Waals surface area contributed by atoms with Crippen molar-refractivity contribution in [3.05, 3.63) is 57.5 Å². The second kappa shape index (κ2) is 7.03. The number of aromatic hydroxyl groups is 1. The first kappa shape index (κ1) is 17.9. The molecule has 1 aliphatic carbocycles. The molecule has 3 aromatic heterocycles. The second-order valence-corrected chi connectivity index (χ2v) is 6.74. The number of rotatable bonds is 5. The number of hydrogen-bond donors (Lipinski definition) is 3. The zero-order valence-corrected chi connectivity index (χ0v) is 15.9. The van der Waals surface area contributed by atoms with Gasteiger partial charge in [0.15, 0.2) is 17.1 Å². The van der Waals surface area contributed by atoms with Crippen LogP contribution in [0.25, 0.3) is 11.7 Å². The van der Waals surface area contributed by atoms with Crippen molar-refractivity contribution in [2.45, 2.75) is 18.9 Å². The number of nitrogens with one attached hydrogen (secondary N) is 2. The third-order valence-corrected chi connectivity index (χ3v) is 4.51. The molecular weight excluding hydrogens is 390 g/mol. The van der Waals surface area contributed by atoms with Gasteiger partial charge in [0.25, 0.3) is 5.62 Å². The molecule has 0 atom stereocenters. The Kier molecular flexibility index (Phi) is 4.20. The van der Waals surface area contributed by atoms with Crippen LogP contribution in [-0.2, 0) is 0 Å². The molecule has 0 unspecified atom stereocenters. The average Bonchev–Trinajstić information content (AvgIpc) is 3.37. The standard InChI is InChI=1S/C19H17N7O4/c1-29-13-4-2-3-5-14(13)30-19-23-15-10(8-12-16(27)24-18(28)22-12)9-20-26(15)17(25-19)21-11-6-7-11/h2-5,8-9,11,27H,6-7H2,1H3,(H2,22,24,28)/b10-8+,21-17?. The van der Waals surface area contributed by atoms with E-state index >= 15 is 0 Å². The minimum Gasteiger partial charge on any atom is -0.493 e. The Morgan fingerprint density at radius 2 is 2.03 bits per heavy atom. The molecule has 3 N–H and O–H groups in total. The van der Waals surface area contributed by atoms with Crippen LogP contribution in [0.2, 0.25) is 0 Å². The normalized spacial score (nSPS) is 15.1. The number of aromatic nitrogens is 6. The fourth-order valence-corrected chi connectivity index (χ4v) is 2.91. The number of para-hydroxylation sites is 2. The van der Waals surface area contributed by atoms with Crippen LogP contribution in [0.4, 0.5) is 0 Å². The first-order valence-electron chi connectivity index (χ1n) is 9.24. The summed E-state index contributed by atoms with van der Waals surface area (Å²) in [4.78, 5) is 29.7. The predicted molar refractivity (Wildman–Crippen MR) is 104 cm³/mol. The molecule has 0 bridgehead atoms. The van der Waals surface area contributed by atoms with Crippen LogP contribution < -0.4 is 26.0 Å². The molecule has 30 heavy (non-hydrogen) atoms. The third-order valence-electron chi connectivity index (χ3n) is 4.51. The van der Waals surface area contributed by atoms with E-state index in [4.69, 9.17) is 9.47 Å². The maximum Gasteiger partial charge on any atom is 0.327 e. The lowest BCUT2D eigenvalue weighted by molar-refractivity contribution is 0.366. The van der Waals surface area contributed by atoms with E-state index in [1.807, 2.05) is 12.1 Å². The molecule has 0 aliphatic heterocycles. The molecule has 152 valence electrons. The molecule has 4 aromatic rings. The summed E-state index contributed by atoms with van der Waals surface area (Å²) in [5.41, 5.74) is 0.463. The molecule has 0 saturated heterocycles. The van der Waals surface area contributed by atoms with E-state index in [-0.39, 0.29) is 23.6 Å². The van der Waals surface area contributed by atoms with Crippen molar-refractivity contribution in [2.24, 2.45) is 4.99 Å². The van der Waals surface area contributed by atoms with E-state index in [0.29, 0.717) is 28.0 Å². The number of H-pyrrole nitrogens is 2. The molecule has 1 fully saturated rings. The van der Waals surface area contributed by atoms with Gasteiger partial charge in [0.1, 0.15) is 5.69 Å². The number of aromatic amines is 2. The minimum atomic E-state index is -0.519. The number of ether oxygens (including phenoxy) is 2. The van der Waals surface area contributed by atoms with Crippen LogP contribution in [0.5, 0.6) is 23.4 Å². The smallest absolute Gasteiger partial charge is 0.327 e. The van der Waals surface area contributed by atoms with Gasteiger partial charge < -0.3 is 19.6 Å². The summed E-state index contributed by atoms with van der Waals surface area (Å²) in [7, 11) is 1.55. The number of hydrogen-bond acceptors (Lipinski definition) is 8. The van der Waals surface area contributed by atoms with Gasteiger partial charge in [0.05, 0.1) is 19.3 Å². The largest absolute Gasteiger partial charge is 0.493 e. The summed E-state index contributed by atoms with van der Waals surface area (Å²) in [6.45, 7) is 0. The van der Waals surface area contributed by atoms with Gasteiger partial charge in [0.2, 0.25) is 5.88 Å². The average molecular weight is 407 g/mol. The molecule has 5 rings (SSSR count). The third kappa shape index (κ3) is 3.36. The number of fused-ring (bicyclic) bond motifs is 1. The fraction of sp³-hybridized carbons (Fsp3) is 0.211. The Hall–Kier alpha value is -4.15. The zero-order chi connectivity index (χ0) is 20.7. The van der Waals surface area contributed by atoms with Crippen molar-refractivity contribution in [1.29, 1.82) is 0 Å². The molecule has 1 aromatic carbocycles. The summed E-state index contributed by atoms with van der Waals surface area (Å²) in [5.74, 6) is 0.720. The molecule has 3 heterocycles. The highest BCUT2D eigenvalue weighted by atomic mass is 16.5. The van der Waals surface area contributed by atoms with Crippen LogP contribution in [-0.4, -0.2) is 47.8 Å². The number of methoxy groups -OCH3 is 1. The molecule has 11 nitrogen and oxygen atoms in total. The van der Waals surface area contributed by atoms with Gasteiger partial charge >= 0.3 is 11.7 Å². The summed E-state index contributed by atoms with van der Waals surface area (Å²) in [6, 6.07) is 7.44. The quantitative estimate of drug-likeness (QED) is 0.430. The van der Waals surface area contributed by atoms with Gasteiger partial charge in [-0.15, -0.1) is 0 Å². The monoisotopic (exact) mass is 407 g/mol. The summed E-state index contributed by atoms with van der Waals surface area (Å²) in [5, 5.41) is 14.7. The number of nitrogens with zero attached hydrogens (tertiary/aromatic N) is 5. The summed E-state index contributed by atoms with van der Waals surface area (Å²) >= 11 is 0. The Bertz CT molecular complexity index is 1410. The van der Waals surface area contributed by atoms with E-state index < -0.39 is 5.69 Å². The van der Waals surface area contributed by atoms with Crippen molar-refractivity contribution in [3.8, 4) is 23.4 Å². The Labute approximate surface area is 168 Å². The minimum absolute atomic E-state index is 0.0772. The van der Waals surface area contributed by atoms with Gasteiger partial charge in [-0.2, -0.15) is 19.6 Å². The predicted octanol–water partition coefficient (Wildman–Crippen LogP) is 0.258. The summed E-state index contributed by atoms with van der Waals surface area (Å²) < 4.78 is 12.7. The Morgan fingerprint density at radius 1 is 1.23 bits per heavy atom. The van der Waals surface area contributed by atoms with Crippen LogP contribution >= 0.6 is 0 Å². The molecule has 0 spiro atoms. The zero-order valence-electron chi connectivity index (χ0n) is 15.9. The number of benzene rings is 1. The van der Waals surface area contributed by atoms with Crippen molar-refractivity contribution >= 4 is 11.7 Å². The SMILES string of the molecule is COc1ccccc1Oc1nc(=NC2CC2)n2nc/c(=C\c3[nH]c(=O)[nH]c3O)c2n1. The van der Waals surface area contributed by atoms with Crippen LogP contribution in [0, 0.1) is 0 Å². The van der Waals surface area contributed by atoms with Crippen molar-refractivity contribution < 1.29 is 14.6 Å². The molecular formula is C19H17N7O4. The van der Waals surface area contributed by atoms with Crippen LogP contribution in [0.15, 0.2) is 40.2 Å². The lowest BCUT2D eigenvalue weighted by atomic mass is 10.3. The molecule has 0 radical (unpaired) electrons. The molecule has 11 heteroatoms. The van der Waals surface area contributed by atoms with Crippen LogP contribution in [0.3, 0.4) is 0 Å². The van der Waals surface area contributed by atoms with Gasteiger partial charge in [-0.25, -0.2) is 9.79 Å². The highest BCUT2D eigenvalue weighted by Gasteiger charge is 2.21. The maximum absolute atomic E-state index is 11.4. The second-order valence-electron chi connectivity index (χ2n) is 6.74. The first-order chi connectivity index (χ1) is 14.6. The van der Waals surface area contributed by atoms with E-state index in [1.54, 1.807) is 31.5 Å². The molecule has 1 saturated carbocycles. The van der Waals surface area contributed by atoms with Gasteiger partial charge in [0, 0.05) is 5.22 Å². The molecule has 0 amide bonds. The van der Waals surface area contributed by atoms with Gasteiger partial charge in [-0.1, -0.05) is 12.1 Å². The van der Waals surface area contributed by atoms with Gasteiger partial charge in [-0.3, -0.25) is 4.98 Å². The summed E-state index contributed by atoms with van der Waals surface area (Å²) in [6.07, 6.45) is 5.09. The molecule has 1 aliphatic rings. The topological polar surface area (TPSA) is 143 Å². The van der Waals surface area contributed by atoms with E-state index in [1.165, 1.54) is 4.52 Å². The van der Waals surface area contributed by atoms with Crippen molar-refractivity contribution in [2.75, 3.05) is 7.11 Å². The highest BCUT2D eigenvalue weighted by Crippen LogP contribution is 2.29. The van der Waals surface area contributed by atoms with Gasteiger partial charge in [-0.05, 0) is 31.1 Å². The first-order valence-corrected chi connectivity index (χ1v) is 9.24. The van der Waals surface area contributed by atoms with Crippen LogP contribution in [0.1, 0.15) is 18.5 Å². The van der Waals surface area contributed by atoms with Crippen molar-refractivity contribution in [1.82, 2.24) is 29.5 Å². The maximum atomic E-state index is 11.4. The fourth-order valence-electron chi connectivity index (χ4n) is 2.91. The lowest BCUT2D eigenvalue weighted by Crippen LogP contribution is -2.23. The lowest BCUT2D eigenvalue weighted by Gasteiger charge is -2.08. The van der Waals surface area contributed by atoms with E-state index in [9.17, 15) is 9.90 Å². The highest BCUT2D eigenvalue weighted by molar-refractivity contribution is 5.56. The Balaban J connectivity index is 1.68. The van der Waals surface area contributed by atoms with E-state index in [2.05, 4.69) is 30.0 Å². The number of imidazole rings is 1. The van der Waals surface area contributed by atoms with Crippen molar-refractivity contribution in [3.63, 3.8) is 0 Å². The van der Waals surface area contributed by atoms with E-state index in [0.717, 1.165) is 12.8 Å².